The van der Waals surface area contributed by atoms with Crippen molar-refractivity contribution in [2.75, 3.05) is 12.3 Å². The average Bonchev–Trinajstić information content (AvgIpc) is 2.75. The maximum Gasteiger partial charge on any atom is 0.220 e. The van der Waals surface area contributed by atoms with Gasteiger partial charge in [-0.3, -0.25) is 4.90 Å². The van der Waals surface area contributed by atoms with E-state index in [2.05, 4.69) is 14.9 Å². The molecule has 0 saturated carbocycles. The smallest absolute Gasteiger partial charge is 0.220 e. The third-order valence-corrected chi connectivity index (χ3v) is 3.24. The predicted molar refractivity (Wildman–Crippen MR) is 68.0 cm³/mol. The summed E-state index contributed by atoms with van der Waals surface area (Å²) in [5.74, 6) is 1.22. The Hall–Kier alpha value is -1.59. The fourth-order valence-electron chi connectivity index (χ4n) is 2.18. The van der Waals surface area contributed by atoms with Crippen LogP contribution in [0.3, 0.4) is 0 Å². The first-order valence-electron chi connectivity index (χ1n) is 5.77. The summed E-state index contributed by atoms with van der Waals surface area (Å²) in [6.07, 6.45) is 2.69. The van der Waals surface area contributed by atoms with Crippen molar-refractivity contribution in [3.8, 4) is 0 Å². The zero-order chi connectivity index (χ0) is 12.5. The molecule has 3 rings (SSSR count). The van der Waals surface area contributed by atoms with Crippen molar-refractivity contribution >= 4 is 17.5 Å². The van der Waals surface area contributed by atoms with Crippen LogP contribution in [0.15, 0.2) is 22.7 Å². The molecule has 0 unspecified atom stereocenters. The highest BCUT2D eigenvalue weighted by molar-refractivity contribution is 6.28. The van der Waals surface area contributed by atoms with Crippen molar-refractivity contribution in [3.05, 3.63) is 40.6 Å². The minimum Gasteiger partial charge on any atom is -0.448 e. The highest BCUT2D eigenvalue weighted by Gasteiger charge is 2.19. The summed E-state index contributed by atoms with van der Waals surface area (Å²) in [5, 5.41) is 0.429. The molecule has 18 heavy (non-hydrogen) atoms. The number of hydrogen-bond acceptors (Lipinski definition) is 5. The number of hydrogen-bond donors (Lipinski definition) is 1. The molecule has 0 aliphatic carbocycles. The molecule has 0 atom stereocenters. The summed E-state index contributed by atoms with van der Waals surface area (Å²) in [6.45, 7) is 2.49. The van der Waals surface area contributed by atoms with Crippen molar-refractivity contribution in [1.82, 2.24) is 14.9 Å². The highest BCUT2D eigenvalue weighted by atomic mass is 35.5. The van der Waals surface area contributed by atoms with E-state index in [9.17, 15) is 0 Å². The minimum atomic E-state index is 0.347. The number of aromatic nitrogens is 2. The Labute approximate surface area is 110 Å². The molecule has 5 nitrogen and oxygen atoms in total. The molecule has 3 heterocycles. The summed E-state index contributed by atoms with van der Waals surface area (Å²) in [7, 11) is 0. The first-order chi connectivity index (χ1) is 8.70. The van der Waals surface area contributed by atoms with Gasteiger partial charge < -0.3 is 10.2 Å². The lowest BCUT2D eigenvalue weighted by atomic mass is 10.1. The van der Waals surface area contributed by atoms with E-state index in [0.29, 0.717) is 11.2 Å². The van der Waals surface area contributed by atoms with Gasteiger partial charge in [0, 0.05) is 31.3 Å². The molecule has 0 spiro atoms. The number of halogens is 1. The molecule has 0 bridgehead atoms. The van der Waals surface area contributed by atoms with Crippen molar-refractivity contribution < 1.29 is 4.42 Å². The molecule has 94 valence electrons. The number of nitrogens with zero attached hydrogens (tertiary/aromatic N) is 3. The lowest BCUT2D eigenvalue weighted by molar-refractivity contribution is 0.223. The maximum absolute atomic E-state index is 5.76. The molecule has 0 amide bonds. The fourth-order valence-corrected chi connectivity index (χ4v) is 2.34. The fraction of sp³-hybridized carbons (Fsp3) is 0.333. The summed E-state index contributed by atoms with van der Waals surface area (Å²) >= 11 is 5.76. The van der Waals surface area contributed by atoms with Crippen LogP contribution >= 0.6 is 11.6 Å². The van der Waals surface area contributed by atoms with Crippen molar-refractivity contribution in [2.24, 2.45) is 0 Å². The Bertz CT molecular complexity index is 569. The standard InChI is InChI=1S/C12H13ClN4O/c13-11-2-1-9(18-11)7-17-4-3-10-8(6-17)5-15-12(14)16-10/h1-2,5H,3-4,6-7H2,(H2,14,15,16). The van der Waals surface area contributed by atoms with Gasteiger partial charge in [-0.2, -0.15) is 0 Å². The van der Waals surface area contributed by atoms with E-state index in [0.717, 1.165) is 43.1 Å². The van der Waals surface area contributed by atoms with Gasteiger partial charge in [-0.1, -0.05) is 0 Å². The molecule has 0 fully saturated rings. The van der Waals surface area contributed by atoms with Crippen molar-refractivity contribution in [1.29, 1.82) is 0 Å². The predicted octanol–water partition coefficient (Wildman–Crippen LogP) is 1.86. The molecule has 2 aromatic heterocycles. The molecular weight excluding hydrogens is 252 g/mol. The Kier molecular flexibility index (Phi) is 2.93. The number of nitrogen functional groups attached to an aromatic ring is 1. The Morgan fingerprint density at radius 1 is 1.44 bits per heavy atom. The summed E-state index contributed by atoms with van der Waals surface area (Å²) in [5.41, 5.74) is 7.76. The topological polar surface area (TPSA) is 68.2 Å². The van der Waals surface area contributed by atoms with Gasteiger partial charge in [0.2, 0.25) is 5.95 Å². The number of nitrogens with two attached hydrogens (primary N) is 1. The Morgan fingerprint density at radius 3 is 3.11 bits per heavy atom. The van der Waals surface area contributed by atoms with E-state index in [1.54, 1.807) is 12.3 Å². The second-order valence-electron chi connectivity index (χ2n) is 4.37. The second kappa shape index (κ2) is 4.59. The number of rotatable bonds is 2. The van der Waals surface area contributed by atoms with E-state index in [4.69, 9.17) is 21.8 Å². The van der Waals surface area contributed by atoms with Gasteiger partial charge in [0.25, 0.3) is 0 Å². The number of fused-ring (bicyclic) bond motifs is 1. The zero-order valence-corrected chi connectivity index (χ0v) is 10.5. The van der Waals surface area contributed by atoms with Gasteiger partial charge in [-0.15, -0.1) is 0 Å². The van der Waals surface area contributed by atoms with Crippen LogP contribution in [0.5, 0.6) is 0 Å². The van der Waals surface area contributed by atoms with Crippen LogP contribution in [0, 0.1) is 0 Å². The highest BCUT2D eigenvalue weighted by Crippen LogP contribution is 2.20. The third-order valence-electron chi connectivity index (χ3n) is 3.04. The summed E-state index contributed by atoms with van der Waals surface area (Å²) in [6, 6.07) is 3.66. The molecule has 0 radical (unpaired) electrons. The van der Waals surface area contributed by atoms with E-state index in [1.165, 1.54) is 0 Å². The first kappa shape index (κ1) is 11.5. The van der Waals surface area contributed by atoms with Gasteiger partial charge in [-0.05, 0) is 23.7 Å². The van der Waals surface area contributed by atoms with Gasteiger partial charge in [0.05, 0.1) is 12.2 Å². The second-order valence-corrected chi connectivity index (χ2v) is 4.74. The van der Waals surface area contributed by atoms with Crippen LogP contribution < -0.4 is 5.73 Å². The van der Waals surface area contributed by atoms with Crippen LogP contribution in [-0.2, 0) is 19.5 Å². The quantitative estimate of drug-likeness (QED) is 0.897. The normalized spacial score (nSPS) is 15.6. The van der Waals surface area contributed by atoms with Crippen LogP contribution in [0.1, 0.15) is 17.0 Å². The molecule has 2 aromatic rings. The van der Waals surface area contributed by atoms with Crippen LogP contribution in [0.25, 0.3) is 0 Å². The number of furan rings is 1. The van der Waals surface area contributed by atoms with Crippen LogP contribution in [-0.4, -0.2) is 21.4 Å². The molecule has 0 saturated heterocycles. The van der Waals surface area contributed by atoms with Gasteiger partial charge in [0.15, 0.2) is 5.22 Å². The molecule has 2 N–H and O–H groups in total. The van der Waals surface area contributed by atoms with Crippen molar-refractivity contribution in [3.63, 3.8) is 0 Å². The van der Waals surface area contributed by atoms with E-state index < -0.39 is 0 Å². The SMILES string of the molecule is Nc1ncc2c(n1)CCN(Cc1ccc(Cl)o1)C2. The third kappa shape index (κ3) is 2.32. The van der Waals surface area contributed by atoms with E-state index in [1.807, 2.05) is 6.07 Å². The van der Waals surface area contributed by atoms with Crippen LogP contribution in [0.2, 0.25) is 5.22 Å². The largest absolute Gasteiger partial charge is 0.448 e. The maximum atomic E-state index is 5.76. The van der Waals surface area contributed by atoms with Gasteiger partial charge >= 0.3 is 0 Å². The molecule has 6 heteroatoms. The summed E-state index contributed by atoms with van der Waals surface area (Å²) in [4.78, 5) is 10.6. The monoisotopic (exact) mass is 264 g/mol. The zero-order valence-electron chi connectivity index (χ0n) is 9.77. The average molecular weight is 265 g/mol. The van der Waals surface area contributed by atoms with Gasteiger partial charge in [-0.25, -0.2) is 9.97 Å². The van der Waals surface area contributed by atoms with Crippen LogP contribution in [0.4, 0.5) is 5.95 Å². The molecule has 1 aliphatic rings. The molecule has 0 aromatic carbocycles. The van der Waals surface area contributed by atoms with Crippen molar-refractivity contribution in [2.45, 2.75) is 19.5 Å². The van der Waals surface area contributed by atoms with Gasteiger partial charge in [0.1, 0.15) is 5.76 Å². The lowest BCUT2D eigenvalue weighted by Crippen LogP contribution is -2.30. The minimum absolute atomic E-state index is 0.347. The first-order valence-corrected chi connectivity index (χ1v) is 6.15. The van der Waals surface area contributed by atoms with E-state index >= 15 is 0 Å². The summed E-state index contributed by atoms with van der Waals surface area (Å²) < 4.78 is 5.37. The number of anilines is 1. The lowest BCUT2D eigenvalue weighted by Gasteiger charge is -2.26. The molecular formula is C12H13ClN4O. The molecule has 1 aliphatic heterocycles. The van der Waals surface area contributed by atoms with E-state index in [-0.39, 0.29) is 0 Å². The Morgan fingerprint density at radius 2 is 2.33 bits per heavy atom. The Balaban J connectivity index is 1.73.